The SMILES string of the molecule is O=C1c2ccccc2C(=O)N1CCO.O=CCN1C(=O)c2ccccc2C1=O. The summed E-state index contributed by atoms with van der Waals surface area (Å²) in [6.45, 7) is -0.315. The molecule has 4 amide bonds. The van der Waals surface area contributed by atoms with Crippen LogP contribution in [0, 0.1) is 0 Å². The van der Waals surface area contributed by atoms with E-state index in [-0.39, 0.29) is 31.5 Å². The van der Waals surface area contributed by atoms with Gasteiger partial charge in [0.25, 0.3) is 23.6 Å². The Hall–Kier alpha value is -3.65. The van der Waals surface area contributed by atoms with E-state index in [0.29, 0.717) is 28.5 Å². The molecule has 0 saturated heterocycles. The summed E-state index contributed by atoms with van der Waals surface area (Å²) < 4.78 is 0. The van der Waals surface area contributed by atoms with Gasteiger partial charge in [-0.3, -0.25) is 29.0 Å². The number of nitrogens with zero attached hydrogens (tertiary/aromatic N) is 2. The van der Waals surface area contributed by atoms with Gasteiger partial charge in [-0.15, -0.1) is 0 Å². The van der Waals surface area contributed by atoms with E-state index in [9.17, 15) is 24.0 Å². The van der Waals surface area contributed by atoms with Gasteiger partial charge in [0.1, 0.15) is 6.29 Å². The molecule has 2 aromatic carbocycles. The monoisotopic (exact) mass is 380 g/mol. The number of aliphatic hydroxyl groups is 1. The Morgan fingerprint density at radius 1 is 0.679 bits per heavy atom. The van der Waals surface area contributed by atoms with Crippen LogP contribution in [0.1, 0.15) is 41.4 Å². The maximum atomic E-state index is 11.6. The van der Waals surface area contributed by atoms with Crippen LogP contribution in [0.5, 0.6) is 0 Å². The van der Waals surface area contributed by atoms with Crippen LogP contribution in [0.15, 0.2) is 48.5 Å². The molecular formula is C20H16N2O6. The summed E-state index contributed by atoms with van der Waals surface area (Å²) in [4.78, 5) is 58.5. The van der Waals surface area contributed by atoms with Crippen molar-refractivity contribution in [3.05, 3.63) is 70.8 Å². The highest BCUT2D eigenvalue weighted by molar-refractivity contribution is 6.22. The summed E-state index contributed by atoms with van der Waals surface area (Å²) in [5.74, 6) is -1.42. The molecule has 0 spiro atoms. The van der Waals surface area contributed by atoms with Crippen molar-refractivity contribution >= 4 is 29.9 Å². The van der Waals surface area contributed by atoms with Crippen LogP contribution >= 0.6 is 0 Å². The van der Waals surface area contributed by atoms with Crippen molar-refractivity contribution in [2.24, 2.45) is 0 Å². The summed E-state index contributed by atoms with van der Waals surface area (Å²) in [7, 11) is 0. The smallest absolute Gasteiger partial charge is 0.261 e. The predicted octanol–water partition coefficient (Wildman–Crippen LogP) is 0.756. The minimum atomic E-state index is -0.391. The van der Waals surface area contributed by atoms with Gasteiger partial charge in [-0.2, -0.15) is 0 Å². The van der Waals surface area contributed by atoms with Crippen molar-refractivity contribution < 1.29 is 29.1 Å². The standard InChI is InChI=1S/C10H9NO3.C10H7NO3/c2*12-6-5-11-9(13)7-3-1-2-4-8(7)10(11)14/h1-4,12H,5-6H2;1-4,6H,5H2. The third-order valence-corrected chi connectivity index (χ3v) is 4.34. The Morgan fingerprint density at radius 3 is 1.36 bits per heavy atom. The summed E-state index contributed by atoms with van der Waals surface area (Å²) >= 11 is 0. The van der Waals surface area contributed by atoms with Crippen molar-refractivity contribution in [1.29, 1.82) is 0 Å². The lowest BCUT2D eigenvalue weighted by Gasteiger charge is -2.10. The van der Waals surface area contributed by atoms with Crippen molar-refractivity contribution in [3.63, 3.8) is 0 Å². The molecule has 2 heterocycles. The van der Waals surface area contributed by atoms with E-state index in [1.165, 1.54) is 0 Å². The molecule has 2 aromatic rings. The number of β-amino-alcohol motifs (C(OH)–C–C–N with tert-alkyl or cyclic N) is 1. The third kappa shape index (κ3) is 3.21. The highest BCUT2D eigenvalue weighted by Gasteiger charge is 2.35. The van der Waals surface area contributed by atoms with Crippen molar-refractivity contribution in [2.45, 2.75) is 0 Å². The van der Waals surface area contributed by atoms with E-state index < -0.39 is 11.8 Å². The number of amides is 4. The van der Waals surface area contributed by atoms with Crippen LogP contribution in [0.3, 0.4) is 0 Å². The van der Waals surface area contributed by atoms with Gasteiger partial charge in [-0.05, 0) is 24.3 Å². The van der Waals surface area contributed by atoms with E-state index in [1.807, 2.05) is 0 Å². The molecule has 0 bridgehead atoms. The Kier molecular flexibility index (Phi) is 5.42. The number of carbonyl (C=O) groups excluding carboxylic acids is 5. The highest BCUT2D eigenvalue weighted by atomic mass is 16.3. The zero-order valence-corrected chi connectivity index (χ0v) is 14.7. The van der Waals surface area contributed by atoms with E-state index in [2.05, 4.69) is 0 Å². The second kappa shape index (κ2) is 7.93. The quantitative estimate of drug-likeness (QED) is 0.619. The fourth-order valence-electron chi connectivity index (χ4n) is 3.02. The second-order valence-corrected chi connectivity index (χ2v) is 5.96. The predicted molar refractivity (Wildman–Crippen MR) is 96.8 cm³/mol. The summed E-state index contributed by atoms with van der Waals surface area (Å²) in [5, 5.41) is 8.70. The fraction of sp³-hybridized carbons (Fsp3) is 0.150. The fourth-order valence-corrected chi connectivity index (χ4v) is 3.02. The molecule has 0 saturated carbocycles. The Bertz CT molecular complexity index is 914. The van der Waals surface area contributed by atoms with Gasteiger partial charge in [0, 0.05) is 0 Å². The van der Waals surface area contributed by atoms with E-state index >= 15 is 0 Å². The molecule has 8 nitrogen and oxygen atoms in total. The Balaban J connectivity index is 0.000000161. The number of hydrogen-bond donors (Lipinski definition) is 1. The van der Waals surface area contributed by atoms with Crippen LogP contribution in [-0.2, 0) is 4.79 Å². The van der Waals surface area contributed by atoms with Crippen LogP contribution < -0.4 is 0 Å². The Morgan fingerprint density at radius 2 is 1.04 bits per heavy atom. The number of aliphatic hydroxyl groups excluding tert-OH is 1. The van der Waals surface area contributed by atoms with Crippen molar-refractivity contribution in [3.8, 4) is 0 Å². The average Bonchev–Trinajstić information content (AvgIpc) is 3.11. The molecule has 0 aliphatic carbocycles. The number of fused-ring (bicyclic) bond motifs is 2. The first kappa shape index (κ1) is 19.1. The molecule has 4 rings (SSSR count). The zero-order valence-electron chi connectivity index (χ0n) is 14.7. The minimum Gasteiger partial charge on any atom is -0.395 e. The summed E-state index contributed by atoms with van der Waals surface area (Å²) in [5.41, 5.74) is 1.59. The maximum absolute atomic E-state index is 11.6. The minimum absolute atomic E-state index is 0.0619. The number of rotatable bonds is 4. The molecule has 0 unspecified atom stereocenters. The van der Waals surface area contributed by atoms with Gasteiger partial charge in [-0.25, -0.2) is 0 Å². The molecular weight excluding hydrogens is 364 g/mol. The summed E-state index contributed by atoms with van der Waals surface area (Å²) in [6, 6.07) is 13.2. The van der Waals surface area contributed by atoms with Crippen LogP contribution in [0.25, 0.3) is 0 Å². The van der Waals surface area contributed by atoms with Crippen molar-refractivity contribution in [2.75, 3.05) is 19.7 Å². The number of hydrogen-bond acceptors (Lipinski definition) is 6. The van der Waals surface area contributed by atoms with Crippen molar-refractivity contribution in [1.82, 2.24) is 9.80 Å². The van der Waals surface area contributed by atoms with Gasteiger partial charge >= 0.3 is 0 Å². The molecule has 28 heavy (non-hydrogen) atoms. The van der Waals surface area contributed by atoms with Gasteiger partial charge < -0.3 is 9.90 Å². The number of carbonyl (C=O) groups is 5. The molecule has 2 aliphatic heterocycles. The first-order valence-corrected chi connectivity index (χ1v) is 8.46. The van der Waals surface area contributed by atoms with E-state index in [0.717, 1.165) is 9.80 Å². The van der Waals surface area contributed by atoms with Gasteiger partial charge in [0.05, 0.1) is 42.0 Å². The lowest BCUT2D eigenvalue weighted by molar-refractivity contribution is -0.108. The van der Waals surface area contributed by atoms with Gasteiger partial charge in [0.15, 0.2) is 0 Å². The molecule has 2 aliphatic rings. The van der Waals surface area contributed by atoms with Gasteiger partial charge in [0.2, 0.25) is 0 Å². The normalized spacial score (nSPS) is 14.6. The molecule has 0 fully saturated rings. The van der Waals surface area contributed by atoms with Crippen LogP contribution in [0.2, 0.25) is 0 Å². The first-order chi connectivity index (χ1) is 13.5. The lowest BCUT2D eigenvalue weighted by atomic mass is 10.1. The molecule has 1 N–H and O–H groups in total. The highest BCUT2D eigenvalue weighted by Crippen LogP contribution is 2.22. The van der Waals surface area contributed by atoms with E-state index in [4.69, 9.17) is 5.11 Å². The molecule has 0 aromatic heterocycles. The molecule has 0 radical (unpaired) electrons. The van der Waals surface area contributed by atoms with Gasteiger partial charge in [-0.1, -0.05) is 24.3 Å². The van der Waals surface area contributed by atoms with E-state index in [1.54, 1.807) is 48.5 Å². The van der Waals surface area contributed by atoms with Crippen LogP contribution in [0.4, 0.5) is 0 Å². The second-order valence-electron chi connectivity index (χ2n) is 5.96. The lowest BCUT2D eigenvalue weighted by Crippen LogP contribution is -2.32. The molecule has 8 heteroatoms. The topological polar surface area (TPSA) is 112 Å². The average molecular weight is 380 g/mol. The Labute approximate surface area is 160 Å². The number of imide groups is 2. The largest absolute Gasteiger partial charge is 0.395 e. The zero-order chi connectivity index (χ0) is 20.3. The van der Waals surface area contributed by atoms with Crippen LogP contribution in [-0.4, -0.2) is 64.5 Å². The summed E-state index contributed by atoms with van der Waals surface area (Å²) in [6.07, 6.45) is 0.543. The molecule has 0 atom stereocenters. The first-order valence-electron chi connectivity index (χ1n) is 8.46. The number of benzene rings is 2. The maximum Gasteiger partial charge on any atom is 0.261 e. The molecule has 142 valence electrons. The third-order valence-electron chi connectivity index (χ3n) is 4.34. The number of aldehydes is 1.